The van der Waals surface area contributed by atoms with Crippen molar-refractivity contribution in [1.82, 2.24) is 20.1 Å². The molecule has 0 atom stereocenters. The molecule has 1 fully saturated rings. The summed E-state index contributed by atoms with van der Waals surface area (Å²) in [6.45, 7) is 4.96. The lowest BCUT2D eigenvalue weighted by Crippen LogP contribution is -2.49. The van der Waals surface area contributed by atoms with Gasteiger partial charge < -0.3 is 25.4 Å². The van der Waals surface area contributed by atoms with Gasteiger partial charge in [-0.3, -0.25) is 9.59 Å². The Morgan fingerprint density at radius 1 is 1.21 bits per heavy atom. The quantitative estimate of drug-likeness (QED) is 0.633. The van der Waals surface area contributed by atoms with E-state index in [0.29, 0.717) is 32.7 Å². The number of rotatable bonds is 6. The van der Waals surface area contributed by atoms with Crippen molar-refractivity contribution in [2.45, 2.75) is 13.3 Å². The van der Waals surface area contributed by atoms with E-state index in [1.54, 1.807) is 0 Å². The number of aromatic nitrogens is 3. The van der Waals surface area contributed by atoms with E-state index >= 15 is 0 Å². The van der Waals surface area contributed by atoms with E-state index in [2.05, 4.69) is 20.1 Å². The molecule has 0 unspecified atom stereocenters. The van der Waals surface area contributed by atoms with Gasteiger partial charge in [0.1, 0.15) is 18.7 Å². The topological polar surface area (TPSA) is 138 Å². The molecule has 1 aliphatic heterocycles. The molecule has 2 aromatic rings. The fourth-order valence-electron chi connectivity index (χ4n) is 2.69. The second-order valence-corrected chi connectivity index (χ2v) is 6.15. The number of carbonyl (C=O) groups is 2. The van der Waals surface area contributed by atoms with Crippen molar-refractivity contribution in [3.05, 3.63) is 36.2 Å². The van der Waals surface area contributed by atoms with Crippen LogP contribution >= 0.6 is 0 Å². The minimum absolute atomic E-state index is 0.142. The summed E-state index contributed by atoms with van der Waals surface area (Å²) in [5.41, 5.74) is 6.39. The number of aliphatic carboxylic acids is 1. The Labute approximate surface area is 163 Å². The molecular weight excluding hydrogens is 364 g/mol. The van der Waals surface area contributed by atoms with Crippen molar-refractivity contribution in [2.75, 3.05) is 44.2 Å². The molecule has 0 aliphatic carbocycles. The summed E-state index contributed by atoms with van der Waals surface area (Å²) in [6, 6.07) is 7.60. The number of carboxylic acid groups (broad SMARTS) is 1. The molecular formula is C18H26N6O4. The Kier molecular flexibility index (Phi) is 8.22. The second kappa shape index (κ2) is 10.9. The average molecular weight is 390 g/mol. The summed E-state index contributed by atoms with van der Waals surface area (Å²) in [6.07, 6.45) is 1.90. The van der Waals surface area contributed by atoms with Gasteiger partial charge in [-0.15, -0.1) is 0 Å². The van der Waals surface area contributed by atoms with Crippen LogP contribution < -0.4 is 15.4 Å². The van der Waals surface area contributed by atoms with Gasteiger partial charge in [0.05, 0.1) is 6.42 Å². The molecule has 10 heteroatoms. The molecule has 1 aromatic carbocycles. The first-order chi connectivity index (χ1) is 13.5. The number of nitrogens with two attached hydrogens (primary N) is 1. The predicted octanol–water partition coefficient (Wildman–Crippen LogP) is 0.124. The smallest absolute Gasteiger partial charge is 0.300 e. The fourth-order valence-corrected chi connectivity index (χ4v) is 2.69. The van der Waals surface area contributed by atoms with Gasteiger partial charge >= 0.3 is 0 Å². The van der Waals surface area contributed by atoms with Gasteiger partial charge in [-0.05, 0) is 17.7 Å². The summed E-state index contributed by atoms with van der Waals surface area (Å²) in [5, 5.41) is 14.1. The van der Waals surface area contributed by atoms with E-state index in [1.807, 2.05) is 29.2 Å². The molecule has 1 aliphatic rings. The minimum Gasteiger partial charge on any atom is -0.492 e. The third-order valence-corrected chi connectivity index (χ3v) is 4.00. The van der Waals surface area contributed by atoms with Gasteiger partial charge in [0.15, 0.2) is 0 Å². The van der Waals surface area contributed by atoms with E-state index in [4.69, 9.17) is 20.4 Å². The summed E-state index contributed by atoms with van der Waals surface area (Å²) < 4.78 is 5.44. The molecule has 0 radical (unpaired) electrons. The molecule has 0 saturated carbocycles. The van der Waals surface area contributed by atoms with E-state index in [0.717, 1.165) is 37.3 Å². The van der Waals surface area contributed by atoms with Crippen molar-refractivity contribution in [3.8, 4) is 5.75 Å². The number of hydrogen-bond donors (Lipinski definition) is 3. The molecule has 1 aromatic heterocycles. The first-order valence-corrected chi connectivity index (χ1v) is 8.99. The summed E-state index contributed by atoms with van der Waals surface area (Å²) in [5.74, 6) is 0.843. The normalized spacial score (nSPS) is 13.5. The lowest BCUT2D eigenvalue weighted by molar-refractivity contribution is -0.134. The molecule has 152 valence electrons. The minimum atomic E-state index is -0.833. The average Bonchev–Trinajstić information content (AvgIpc) is 3.22. The lowest BCUT2D eigenvalue weighted by atomic mass is 10.1. The van der Waals surface area contributed by atoms with Gasteiger partial charge in [0, 0.05) is 39.6 Å². The Balaban J connectivity index is 0.000000640. The van der Waals surface area contributed by atoms with Crippen LogP contribution in [0.15, 0.2) is 30.6 Å². The number of hydrogen-bond acceptors (Lipinski definition) is 7. The maximum Gasteiger partial charge on any atom is 0.300 e. The maximum absolute atomic E-state index is 12.4. The van der Waals surface area contributed by atoms with Crippen LogP contribution in [0.3, 0.4) is 0 Å². The first kappa shape index (κ1) is 21.2. The maximum atomic E-state index is 12.4. The highest BCUT2D eigenvalue weighted by Crippen LogP contribution is 2.14. The van der Waals surface area contributed by atoms with Crippen molar-refractivity contribution >= 4 is 17.8 Å². The number of anilines is 1. The summed E-state index contributed by atoms with van der Waals surface area (Å²) in [4.78, 5) is 29.6. The highest BCUT2D eigenvalue weighted by molar-refractivity contribution is 5.79. The van der Waals surface area contributed by atoms with Crippen molar-refractivity contribution < 1.29 is 19.4 Å². The number of benzene rings is 1. The van der Waals surface area contributed by atoms with Crippen molar-refractivity contribution in [2.24, 2.45) is 5.73 Å². The van der Waals surface area contributed by atoms with Crippen LogP contribution in [-0.4, -0.2) is 76.4 Å². The summed E-state index contributed by atoms with van der Waals surface area (Å²) >= 11 is 0. The predicted molar refractivity (Wildman–Crippen MR) is 103 cm³/mol. The Morgan fingerprint density at radius 3 is 2.39 bits per heavy atom. The molecule has 2 heterocycles. The lowest BCUT2D eigenvalue weighted by Gasteiger charge is -2.34. The Bertz CT molecular complexity index is 723. The van der Waals surface area contributed by atoms with Crippen LogP contribution in [0.1, 0.15) is 12.5 Å². The molecule has 3 rings (SSSR count). The molecule has 0 bridgehead atoms. The number of piperazine rings is 1. The monoisotopic (exact) mass is 390 g/mol. The number of amides is 1. The van der Waals surface area contributed by atoms with Crippen LogP contribution in [0.5, 0.6) is 5.75 Å². The van der Waals surface area contributed by atoms with Crippen LogP contribution in [0.2, 0.25) is 0 Å². The number of H-pyrrole nitrogens is 1. The standard InChI is InChI=1S/C16H22N6O2.C2H4O2/c17-5-10-24-14-3-1-13(2-4-14)11-15(23)21-6-8-22(9-7-21)16-18-12-19-20-16;1-2(3)4/h1-4,12H,5-11,17H2,(H,18,19,20);1H3,(H,3,4). The number of ether oxygens (including phenoxy) is 1. The Morgan fingerprint density at radius 2 is 1.86 bits per heavy atom. The van der Waals surface area contributed by atoms with E-state index in [1.165, 1.54) is 6.33 Å². The number of nitrogens with one attached hydrogen (secondary N) is 1. The highest BCUT2D eigenvalue weighted by atomic mass is 16.5. The molecule has 4 N–H and O–H groups in total. The number of carboxylic acids is 1. The third-order valence-electron chi connectivity index (χ3n) is 4.00. The zero-order chi connectivity index (χ0) is 20.4. The first-order valence-electron chi connectivity index (χ1n) is 8.99. The molecule has 28 heavy (non-hydrogen) atoms. The number of carbonyl (C=O) groups excluding carboxylic acids is 1. The third kappa shape index (κ3) is 6.88. The highest BCUT2D eigenvalue weighted by Gasteiger charge is 2.22. The fraction of sp³-hybridized carbons (Fsp3) is 0.444. The largest absolute Gasteiger partial charge is 0.492 e. The van der Waals surface area contributed by atoms with E-state index < -0.39 is 5.97 Å². The van der Waals surface area contributed by atoms with Crippen LogP contribution in [0, 0.1) is 0 Å². The number of aromatic amines is 1. The van der Waals surface area contributed by atoms with Crippen molar-refractivity contribution in [3.63, 3.8) is 0 Å². The van der Waals surface area contributed by atoms with Crippen LogP contribution in [0.4, 0.5) is 5.95 Å². The molecule has 1 amide bonds. The SMILES string of the molecule is CC(=O)O.NCCOc1ccc(CC(=O)N2CCN(c3ncn[nH]3)CC2)cc1. The van der Waals surface area contributed by atoms with Gasteiger partial charge in [-0.1, -0.05) is 12.1 Å². The van der Waals surface area contributed by atoms with Crippen LogP contribution in [0.25, 0.3) is 0 Å². The zero-order valence-corrected chi connectivity index (χ0v) is 15.9. The van der Waals surface area contributed by atoms with Gasteiger partial charge in [0.2, 0.25) is 11.9 Å². The molecule has 10 nitrogen and oxygen atoms in total. The van der Waals surface area contributed by atoms with E-state index in [9.17, 15) is 4.79 Å². The van der Waals surface area contributed by atoms with Gasteiger partial charge in [-0.25, -0.2) is 5.10 Å². The zero-order valence-electron chi connectivity index (χ0n) is 15.9. The molecule has 1 saturated heterocycles. The molecule has 0 spiro atoms. The second-order valence-electron chi connectivity index (χ2n) is 6.15. The number of nitrogens with zero attached hydrogens (tertiary/aromatic N) is 4. The van der Waals surface area contributed by atoms with E-state index in [-0.39, 0.29) is 5.91 Å². The van der Waals surface area contributed by atoms with Gasteiger partial charge in [-0.2, -0.15) is 10.1 Å². The Hall–Kier alpha value is -3.14. The van der Waals surface area contributed by atoms with Crippen LogP contribution in [-0.2, 0) is 16.0 Å². The van der Waals surface area contributed by atoms with Crippen molar-refractivity contribution in [1.29, 1.82) is 0 Å². The van der Waals surface area contributed by atoms with Gasteiger partial charge in [0.25, 0.3) is 5.97 Å². The summed E-state index contributed by atoms with van der Waals surface area (Å²) in [7, 11) is 0.